The molecule has 0 unspecified atom stereocenters. The summed E-state index contributed by atoms with van der Waals surface area (Å²) in [6, 6.07) is 15.0. The number of ether oxygens (including phenoxy) is 2. The van der Waals surface area contributed by atoms with Gasteiger partial charge in [0.25, 0.3) is 17.5 Å². The summed E-state index contributed by atoms with van der Waals surface area (Å²) < 4.78 is 10.8. The summed E-state index contributed by atoms with van der Waals surface area (Å²) >= 11 is 6.15. The number of carbonyl (C=O) groups excluding carboxylic acids is 4. The fraction of sp³-hybridized carbons (Fsp3) is 0.111. The van der Waals surface area contributed by atoms with Crippen LogP contribution in [0, 0.1) is 10.1 Å². The lowest BCUT2D eigenvalue weighted by atomic mass is 10.1. The Balaban J connectivity index is 1.60. The van der Waals surface area contributed by atoms with E-state index in [4.69, 9.17) is 21.1 Å². The molecule has 0 aliphatic carbocycles. The van der Waals surface area contributed by atoms with Crippen LogP contribution in [0.2, 0.25) is 5.02 Å². The van der Waals surface area contributed by atoms with Gasteiger partial charge in [-0.15, -0.1) is 0 Å². The number of anilines is 1. The molecule has 39 heavy (non-hydrogen) atoms. The second kappa shape index (κ2) is 11.6. The van der Waals surface area contributed by atoms with Crippen LogP contribution in [0.15, 0.2) is 72.3 Å². The number of nitro groups is 1. The van der Waals surface area contributed by atoms with Gasteiger partial charge in [-0.05, 0) is 73.2 Å². The van der Waals surface area contributed by atoms with E-state index in [1.807, 2.05) is 0 Å². The number of esters is 1. The molecule has 4 rings (SSSR count). The van der Waals surface area contributed by atoms with E-state index in [-0.39, 0.29) is 47.0 Å². The van der Waals surface area contributed by atoms with Crippen LogP contribution in [0.25, 0.3) is 6.08 Å². The Labute approximate surface area is 226 Å². The highest BCUT2D eigenvalue weighted by molar-refractivity contribution is 6.39. The Kier molecular flexibility index (Phi) is 8.01. The third-order valence-corrected chi connectivity index (χ3v) is 5.79. The molecule has 11 nitrogen and oxygen atoms in total. The molecule has 3 aromatic carbocycles. The summed E-state index contributed by atoms with van der Waals surface area (Å²) in [6.07, 6.45) is 1.25. The first-order chi connectivity index (χ1) is 18.7. The number of barbiturate groups is 1. The molecular formula is C27H20ClN3O8. The molecular weight excluding hydrogens is 530 g/mol. The molecule has 12 heteroatoms. The lowest BCUT2D eigenvalue weighted by molar-refractivity contribution is -0.384. The first kappa shape index (κ1) is 27.0. The van der Waals surface area contributed by atoms with Gasteiger partial charge in [0.1, 0.15) is 17.9 Å². The van der Waals surface area contributed by atoms with Gasteiger partial charge in [-0.25, -0.2) is 14.5 Å². The maximum absolute atomic E-state index is 13.3. The Morgan fingerprint density at radius 2 is 1.74 bits per heavy atom. The van der Waals surface area contributed by atoms with Gasteiger partial charge < -0.3 is 9.47 Å². The van der Waals surface area contributed by atoms with Gasteiger partial charge in [-0.3, -0.25) is 25.0 Å². The Morgan fingerprint density at radius 1 is 1.05 bits per heavy atom. The minimum atomic E-state index is -0.952. The first-order valence-electron chi connectivity index (χ1n) is 11.5. The SMILES string of the molecule is CCOC(=O)c1ccc(N2C(=O)NC(=O)/C(=C\c3cc(Cl)ccc3OCc3ccc([N+](=O)[O-])cc3)C2=O)cc1. The van der Waals surface area contributed by atoms with Crippen molar-refractivity contribution in [3.63, 3.8) is 0 Å². The van der Waals surface area contributed by atoms with Crippen LogP contribution in [0.3, 0.4) is 0 Å². The summed E-state index contributed by atoms with van der Waals surface area (Å²) in [6.45, 7) is 1.89. The quantitative estimate of drug-likeness (QED) is 0.140. The molecule has 4 amide bonds. The van der Waals surface area contributed by atoms with Crippen LogP contribution in [0.4, 0.5) is 16.2 Å². The topological polar surface area (TPSA) is 145 Å². The number of nitro benzene ring substituents is 1. The van der Waals surface area contributed by atoms with Gasteiger partial charge in [0.05, 0.1) is 22.8 Å². The molecule has 1 fully saturated rings. The highest BCUT2D eigenvalue weighted by Crippen LogP contribution is 2.29. The zero-order valence-corrected chi connectivity index (χ0v) is 21.1. The van der Waals surface area contributed by atoms with E-state index in [9.17, 15) is 29.3 Å². The lowest BCUT2D eigenvalue weighted by Gasteiger charge is -2.26. The van der Waals surface area contributed by atoms with Crippen LogP contribution in [0.5, 0.6) is 5.75 Å². The van der Waals surface area contributed by atoms with Crippen molar-refractivity contribution in [3.05, 3.63) is 104 Å². The summed E-state index contributed by atoms with van der Waals surface area (Å²) in [7, 11) is 0. The van der Waals surface area contributed by atoms with Gasteiger partial charge in [0.15, 0.2) is 0 Å². The van der Waals surface area contributed by atoms with E-state index in [0.29, 0.717) is 10.6 Å². The molecule has 0 saturated carbocycles. The minimum absolute atomic E-state index is 0.0351. The van der Waals surface area contributed by atoms with E-state index >= 15 is 0 Å². The number of nitrogens with zero attached hydrogens (tertiary/aromatic N) is 2. The summed E-state index contributed by atoms with van der Waals surface area (Å²) in [4.78, 5) is 61.5. The first-order valence-corrected chi connectivity index (χ1v) is 11.9. The molecule has 1 aliphatic rings. The van der Waals surface area contributed by atoms with Crippen molar-refractivity contribution in [1.82, 2.24) is 5.32 Å². The average molecular weight is 550 g/mol. The van der Waals surface area contributed by atoms with E-state index in [1.54, 1.807) is 31.2 Å². The van der Waals surface area contributed by atoms with E-state index in [2.05, 4.69) is 5.32 Å². The number of benzene rings is 3. The van der Waals surface area contributed by atoms with Crippen molar-refractivity contribution in [2.75, 3.05) is 11.5 Å². The largest absolute Gasteiger partial charge is 0.488 e. The number of hydrogen-bond acceptors (Lipinski definition) is 8. The zero-order valence-electron chi connectivity index (χ0n) is 20.4. The van der Waals surface area contributed by atoms with Crippen LogP contribution >= 0.6 is 11.6 Å². The summed E-state index contributed by atoms with van der Waals surface area (Å²) in [5.74, 6) is -2.09. The summed E-state index contributed by atoms with van der Waals surface area (Å²) in [5.41, 5.74) is 0.868. The molecule has 0 radical (unpaired) electrons. The maximum atomic E-state index is 13.3. The average Bonchev–Trinajstić information content (AvgIpc) is 2.91. The highest BCUT2D eigenvalue weighted by Gasteiger charge is 2.37. The monoisotopic (exact) mass is 549 g/mol. The number of hydrogen-bond donors (Lipinski definition) is 1. The van der Waals surface area contributed by atoms with Crippen LogP contribution < -0.4 is 15.0 Å². The molecule has 1 aliphatic heterocycles. The van der Waals surface area contributed by atoms with E-state index in [0.717, 1.165) is 4.90 Å². The summed E-state index contributed by atoms with van der Waals surface area (Å²) in [5, 5.41) is 13.3. The van der Waals surface area contributed by atoms with Gasteiger partial charge >= 0.3 is 12.0 Å². The fourth-order valence-corrected chi connectivity index (χ4v) is 3.83. The van der Waals surface area contributed by atoms with Gasteiger partial charge in [-0.2, -0.15) is 0 Å². The number of urea groups is 1. The molecule has 0 atom stereocenters. The minimum Gasteiger partial charge on any atom is -0.488 e. The third kappa shape index (κ3) is 6.11. The molecule has 1 N–H and O–H groups in total. The second-order valence-electron chi connectivity index (χ2n) is 8.12. The predicted molar refractivity (Wildman–Crippen MR) is 140 cm³/mol. The van der Waals surface area contributed by atoms with Crippen molar-refractivity contribution >= 4 is 52.9 Å². The molecule has 0 spiro atoms. The van der Waals surface area contributed by atoms with Crippen molar-refractivity contribution in [2.45, 2.75) is 13.5 Å². The Hall–Kier alpha value is -5.03. The second-order valence-corrected chi connectivity index (χ2v) is 8.56. The van der Waals surface area contributed by atoms with E-state index < -0.39 is 28.7 Å². The fourth-order valence-electron chi connectivity index (χ4n) is 3.65. The Morgan fingerprint density at radius 3 is 2.38 bits per heavy atom. The predicted octanol–water partition coefficient (Wildman–Crippen LogP) is 4.67. The molecule has 0 aromatic heterocycles. The van der Waals surface area contributed by atoms with E-state index in [1.165, 1.54) is 48.5 Å². The molecule has 1 saturated heterocycles. The normalized spacial score (nSPS) is 14.3. The van der Waals surface area contributed by atoms with Crippen LogP contribution in [0.1, 0.15) is 28.4 Å². The maximum Gasteiger partial charge on any atom is 0.338 e. The molecule has 198 valence electrons. The molecule has 3 aromatic rings. The van der Waals surface area contributed by atoms with Crippen molar-refractivity contribution in [2.24, 2.45) is 0 Å². The number of non-ortho nitro benzene ring substituents is 1. The Bertz CT molecular complexity index is 1500. The number of nitrogens with one attached hydrogen (secondary N) is 1. The number of rotatable bonds is 8. The molecule has 0 bridgehead atoms. The van der Waals surface area contributed by atoms with Crippen molar-refractivity contribution < 1.29 is 33.6 Å². The lowest BCUT2D eigenvalue weighted by Crippen LogP contribution is -2.54. The van der Waals surface area contributed by atoms with Crippen LogP contribution in [-0.2, 0) is 20.9 Å². The number of imide groups is 2. The van der Waals surface area contributed by atoms with Crippen molar-refractivity contribution in [3.8, 4) is 5.75 Å². The number of carbonyl (C=O) groups is 4. The highest BCUT2D eigenvalue weighted by atomic mass is 35.5. The van der Waals surface area contributed by atoms with Gasteiger partial charge in [0, 0.05) is 22.7 Å². The third-order valence-electron chi connectivity index (χ3n) is 5.55. The number of halogens is 1. The zero-order chi connectivity index (χ0) is 28.1. The smallest absolute Gasteiger partial charge is 0.338 e. The number of amides is 4. The molecule has 1 heterocycles. The van der Waals surface area contributed by atoms with Crippen LogP contribution in [-0.4, -0.2) is 35.3 Å². The standard InChI is InChI=1S/C27H20ClN3O8/c1-2-38-26(34)17-5-10-20(11-6-17)30-25(33)22(24(32)29-27(30)35)14-18-13-19(28)7-12-23(18)39-15-16-3-8-21(9-4-16)31(36)37/h3-14H,2,15H2,1H3,(H,29,32,35)/b22-14+. The van der Waals surface area contributed by atoms with Crippen molar-refractivity contribution in [1.29, 1.82) is 0 Å². The van der Waals surface area contributed by atoms with Gasteiger partial charge in [0.2, 0.25) is 0 Å². The van der Waals surface area contributed by atoms with Gasteiger partial charge in [-0.1, -0.05) is 11.6 Å².